The van der Waals surface area contributed by atoms with Crippen molar-refractivity contribution in [1.82, 2.24) is 19.1 Å². The van der Waals surface area contributed by atoms with Gasteiger partial charge in [0.25, 0.3) is 0 Å². The van der Waals surface area contributed by atoms with Crippen LogP contribution in [0.3, 0.4) is 0 Å². The van der Waals surface area contributed by atoms with Crippen LogP contribution in [0, 0.1) is 0 Å². The Labute approximate surface area is 171 Å². The maximum Gasteiger partial charge on any atom is 0.318 e. The van der Waals surface area contributed by atoms with Crippen LogP contribution in [-0.2, 0) is 7.05 Å². The summed E-state index contributed by atoms with van der Waals surface area (Å²) in [6.07, 6.45) is 9.11. The first-order valence-corrected chi connectivity index (χ1v) is 10.7. The van der Waals surface area contributed by atoms with Crippen LogP contribution in [0.25, 0.3) is 11.2 Å². The van der Waals surface area contributed by atoms with Gasteiger partial charge in [-0.05, 0) is 36.8 Å². The van der Waals surface area contributed by atoms with Gasteiger partial charge in [-0.15, -0.1) is 11.8 Å². The molecule has 0 unspecified atom stereocenters. The van der Waals surface area contributed by atoms with Gasteiger partial charge in [0.1, 0.15) is 5.52 Å². The lowest BCUT2D eigenvalue weighted by molar-refractivity contribution is 0.507. The number of nitrogens with one attached hydrogen (secondary N) is 1. The van der Waals surface area contributed by atoms with Crippen LogP contribution in [0.4, 0.5) is 5.95 Å². The van der Waals surface area contributed by atoms with Crippen molar-refractivity contribution in [2.24, 2.45) is 12.1 Å². The fourth-order valence-corrected chi connectivity index (χ4v) is 4.05. The van der Waals surface area contributed by atoms with Gasteiger partial charge < -0.3 is 4.57 Å². The topological polar surface area (TPSA) is 94.2 Å². The standard InChI is InChI=1S/C20H22N6O2S/c1-25-16-12-21-20(24-22-11-13-7-9-15(29-2)10-8-13)23-17(16)26(19(28)18(25)27)14-5-3-4-6-14/h7-12,14H,3-6H2,1-2H3,(H,21,23,24). The van der Waals surface area contributed by atoms with Gasteiger partial charge >= 0.3 is 11.1 Å². The monoisotopic (exact) mass is 410 g/mol. The van der Waals surface area contributed by atoms with E-state index in [0.29, 0.717) is 11.2 Å². The van der Waals surface area contributed by atoms with Crippen LogP contribution < -0.4 is 16.5 Å². The number of thioether (sulfide) groups is 1. The molecule has 9 heteroatoms. The van der Waals surface area contributed by atoms with Gasteiger partial charge in [-0.2, -0.15) is 10.1 Å². The van der Waals surface area contributed by atoms with Crippen molar-refractivity contribution in [3.63, 3.8) is 0 Å². The summed E-state index contributed by atoms with van der Waals surface area (Å²) in [5.74, 6) is 0.277. The molecule has 1 aliphatic carbocycles. The van der Waals surface area contributed by atoms with E-state index in [9.17, 15) is 9.59 Å². The van der Waals surface area contributed by atoms with Crippen LogP contribution in [0.15, 0.2) is 50.0 Å². The molecular formula is C20H22N6O2S. The van der Waals surface area contributed by atoms with Crippen LogP contribution in [0.2, 0.25) is 0 Å². The number of aryl methyl sites for hydroxylation is 1. The quantitative estimate of drug-likeness (QED) is 0.301. The lowest BCUT2D eigenvalue weighted by Crippen LogP contribution is -2.42. The lowest BCUT2D eigenvalue weighted by Gasteiger charge is -2.17. The third-order valence-electron chi connectivity index (χ3n) is 5.23. The van der Waals surface area contributed by atoms with Gasteiger partial charge in [0.15, 0.2) is 5.65 Å². The summed E-state index contributed by atoms with van der Waals surface area (Å²) in [5, 5.41) is 4.20. The number of hydrazone groups is 1. The Hall–Kier alpha value is -2.94. The Balaban J connectivity index is 1.68. The van der Waals surface area contributed by atoms with Gasteiger partial charge in [-0.25, -0.2) is 10.4 Å². The van der Waals surface area contributed by atoms with Crippen molar-refractivity contribution < 1.29 is 0 Å². The summed E-state index contributed by atoms with van der Waals surface area (Å²) >= 11 is 1.68. The highest BCUT2D eigenvalue weighted by Gasteiger charge is 2.23. The van der Waals surface area contributed by atoms with E-state index < -0.39 is 11.1 Å². The highest BCUT2D eigenvalue weighted by atomic mass is 32.2. The zero-order valence-electron chi connectivity index (χ0n) is 16.3. The van der Waals surface area contributed by atoms with Crippen LogP contribution in [0.1, 0.15) is 37.3 Å². The van der Waals surface area contributed by atoms with E-state index in [4.69, 9.17) is 0 Å². The summed E-state index contributed by atoms with van der Waals surface area (Å²) < 4.78 is 2.85. The first-order chi connectivity index (χ1) is 14.1. The van der Waals surface area contributed by atoms with Crippen molar-refractivity contribution in [1.29, 1.82) is 0 Å². The first-order valence-electron chi connectivity index (χ1n) is 9.50. The Morgan fingerprint density at radius 2 is 1.90 bits per heavy atom. The second-order valence-electron chi connectivity index (χ2n) is 7.02. The molecule has 1 saturated carbocycles. The molecule has 1 N–H and O–H groups in total. The Morgan fingerprint density at radius 1 is 1.17 bits per heavy atom. The number of nitrogens with zero attached hydrogens (tertiary/aromatic N) is 5. The first kappa shape index (κ1) is 19.4. The molecule has 3 aromatic rings. The molecule has 0 spiro atoms. The maximum absolute atomic E-state index is 12.7. The molecule has 150 valence electrons. The normalized spacial score (nSPS) is 14.8. The zero-order valence-corrected chi connectivity index (χ0v) is 17.1. The summed E-state index contributed by atoms with van der Waals surface area (Å²) in [4.78, 5) is 35.0. The molecule has 1 aliphatic rings. The summed E-state index contributed by atoms with van der Waals surface area (Å²) in [6.45, 7) is 0. The molecule has 0 atom stereocenters. The van der Waals surface area contributed by atoms with E-state index in [1.807, 2.05) is 30.5 Å². The predicted octanol–water partition coefficient (Wildman–Crippen LogP) is 2.77. The minimum absolute atomic E-state index is 0.0000938. The third kappa shape index (κ3) is 3.82. The predicted molar refractivity (Wildman–Crippen MR) is 116 cm³/mol. The number of hydrogen-bond donors (Lipinski definition) is 1. The average Bonchev–Trinajstić information content (AvgIpc) is 3.27. The van der Waals surface area contributed by atoms with E-state index in [-0.39, 0.29) is 12.0 Å². The van der Waals surface area contributed by atoms with Gasteiger partial charge in [0.05, 0.1) is 12.4 Å². The molecular weight excluding hydrogens is 388 g/mol. The van der Waals surface area contributed by atoms with E-state index in [2.05, 4.69) is 20.5 Å². The molecule has 0 radical (unpaired) electrons. The van der Waals surface area contributed by atoms with Gasteiger partial charge in [0.2, 0.25) is 5.95 Å². The third-order valence-corrected chi connectivity index (χ3v) is 5.97. The van der Waals surface area contributed by atoms with E-state index >= 15 is 0 Å². The fourth-order valence-electron chi connectivity index (χ4n) is 3.64. The van der Waals surface area contributed by atoms with Crippen molar-refractivity contribution in [3.05, 3.63) is 56.7 Å². The number of hydrogen-bond acceptors (Lipinski definition) is 7. The molecule has 0 amide bonds. The second-order valence-corrected chi connectivity index (χ2v) is 7.90. The van der Waals surface area contributed by atoms with Crippen LogP contribution in [0.5, 0.6) is 0 Å². The molecule has 0 bridgehead atoms. The molecule has 2 aromatic heterocycles. The van der Waals surface area contributed by atoms with Gasteiger partial charge in [-0.3, -0.25) is 14.2 Å². The average molecular weight is 411 g/mol. The fraction of sp³-hybridized carbons (Fsp3) is 0.350. The molecule has 0 saturated heterocycles. The van der Waals surface area contributed by atoms with Crippen molar-refractivity contribution in [2.75, 3.05) is 11.7 Å². The number of aromatic nitrogens is 4. The van der Waals surface area contributed by atoms with Crippen LogP contribution in [-0.4, -0.2) is 31.6 Å². The molecule has 29 heavy (non-hydrogen) atoms. The largest absolute Gasteiger partial charge is 0.318 e. The van der Waals surface area contributed by atoms with Crippen molar-refractivity contribution in [3.8, 4) is 0 Å². The summed E-state index contributed by atoms with van der Waals surface area (Å²) in [6, 6.07) is 8.01. The minimum Gasteiger partial charge on any atom is -0.303 e. The van der Waals surface area contributed by atoms with Gasteiger partial charge in [-0.1, -0.05) is 25.0 Å². The smallest absolute Gasteiger partial charge is 0.303 e. The number of fused-ring (bicyclic) bond motifs is 1. The van der Waals surface area contributed by atoms with E-state index in [0.717, 1.165) is 31.2 Å². The second kappa shape index (κ2) is 8.20. The minimum atomic E-state index is -0.555. The summed E-state index contributed by atoms with van der Waals surface area (Å²) in [5.41, 5.74) is 3.67. The molecule has 0 aliphatic heterocycles. The Kier molecular flexibility index (Phi) is 5.48. The highest BCUT2D eigenvalue weighted by Crippen LogP contribution is 2.29. The molecule has 1 aromatic carbocycles. The van der Waals surface area contributed by atoms with Gasteiger partial charge in [0, 0.05) is 18.0 Å². The highest BCUT2D eigenvalue weighted by molar-refractivity contribution is 7.98. The SMILES string of the molecule is CSc1ccc(C=NNc2ncc3c(n2)n(C2CCCC2)c(=O)c(=O)n3C)cc1. The van der Waals surface area contributed by atoms with E-state index in [1.54, 1.807) is 35.8 Å². The van der Waals surface area contributed by atoms with Crippen molar-refractivity contribution in [2.45, 2.75) is 36.6 Å². The number of anilines is 1. The molecule has 1 fully saturated rings. The summed E-state index contributed by atoms with van der Waals surface area (Å²) in [7, 11) is 1.57. The zero-order chi connectivity index (χ0) is 20.4. The molecule has 2 heterocycles. The number of benzene rings is 1. The molecule has 4 rings (SSSR count). The molecule has 8 nitrogen and oxygen atoms in total. The van der Waals surface area contributed by atoms with Crippen LogP contribution >= 0.6 is 11.8 Å². The maximum atomic E-state index is 12.7. The number of rotatable bonds is 5. The Bertz CT molecular complexity index is 1180. The lowest BCUT2D eigenvalue weighted by atomic mass is 10.2. The van der Waals surface area contributed by atoms with Crippen molar-refractivity contribution >= 4 is 35.1 Å². The Morgan fingerprint density at radius 3 is 2.59 bits per heavy atom. The van der Waals surface area contributed by atoms with E-state index in [1.165, 1.54) is 9.46 Å².